The van der Waals surface area contributed by atoms with Crippen LogP contribution >= 0.6 is 0 Å². The zero-order chi connectivity index (χ0) is 20.1. The lowest BCUT2D eigenvalue weighted by molar-refractivity contribution is -0.134. The normalized spacial score (nSPS) is 16.1. The van der Waals surface area contributed by atoms with Gasteiger partial charge in [0.15, 0.2) is 0 Å². The van der Waals surface area contributed by atoms with Crippen molar-refractivity contribution in [3.05, 3.63) is 59.9 Å². The molecule has 7 heteroatoms. The van der Waals surface area contributed by atoms with E-state index in [1.165, 1.54) is 7.11 Å². The van der Waals surface area contributed by atoms with Gasteiger partial charge in [-0.25, -0.2) is 4.79 Å². The van der Waals surface area contributed by atoms with Gasteiger partial charge in [0.1, 0.15) is 0 Å². The fourth-order valence-electron chi connectivity index (χ4n) is 3.29. The highest BCUT2D eigenvalue weighted by molar-refractivity contribution is 6.00. The Kier molecular flexibility index (Phi) is 6.03. The minimum atomic E-state index is -0.428. The van der Waals surface area contributed by atoms with Crippen LogP contribution in [-0.2, 0) is 20.7 Å². The maximum atomic E-state index is 12.7. The van der Waals surface area contributed by atoms with Crippen LogP contribution in [0, 0.1) is 5.92 Å². The lowest BCUT2D eigenvalue weighted by Gasteiger charge is -2.21. The van der Waals surface area contributed by atoms with Crippen LogP contribution in [0.4, 0.5) is 5.69 Å². The van der Waals surface area contributed by atoms with Crippen LogP contribution in [-0.4, -0.2) is 54.9 Å². The molecule has 1 atom stereocenters. The zero-order valence-corrected chi connectivity index (χ0v) is 16.0. The number of hydrogen-bond acceptors (Lipinski definition) is 5. The summed E-state index contributed by atoms with van der Waals surface area (Å²) in [6, 6.07) is 10.5. The van der Waals surface area contributed by atoms with Crippen molar-refractivity contribution in [2.75, 3.05) is 32.1 Å². The topological polar surface area (TPSA) is 79.8 Å². The summed E-state index contributed by atoms with van der Waals surface area (Å²) in [5, 5.41) is 0. The molecule has 2 amide bonds. The van der Waals surface area contributed by atoms with Crippen LogP contribution in [0.15, 0.2) is 48.8 Å². The van der Waals surface area contributed by atoms with Crippen molar-refractivity contribution in [3.63, 3.8) is 0 Å². The lowest BCUT2D eigenvalue weighted by atomic mass is 10.1. The van der Waals surface area contributed by atoms with Crippen molar-refractivity contribution < 1.29 is 19.1 Å². The second-order valence-corrected chi connectivity index (χ2v) is 6.81. The minimum absolute atomic E-state index is 0.0314. The Hall–Kier alpha value is -3.22. The van der Waals surface area contributed by atoms with Crippen molar-refractivity contribution in [1.82, 2.24) is 9.88 Å². The standard InChI is InChI=1S/C21H23N3O4/c1-23(12-9-15-7-10-22-11-8-15)20(26)17-13-19(25)24(14-17)18-5-3-16(4-6-18)21(27)28-2/h3-8,10-11,17H,9,12-14H2,1-2H3. The van der Waals surface area contributed by atoms with Gasteiger partial charge < -0.3 is 14.5 Å². The van der Waals surface area contributed by atoms with Gasteiger partial charge >= 0.3 is 5.97 Å². The number of aromatic nitrogens is 1. The van der Waals surface area contributed by atoms with E-state index in [1.807, 2.05) is 12.1 Å². The SMILES string of the molecule is COC(=O)c1ccc(N2CC(C(=O)N(C)CCc3ccncc3)CC2=O)cc1. The van der Waals surface area contributed by atoms with Crippen LogP contribution in [0.5, 0.6) is 0 Å². The van der Waals surface area contributed by atoms with E-state index in [9.17, 15) is 14.4 Å². The number of pyridine rings is 1. The number of methoxy groups -OCH3 is 1. The molecule has 1 aliphatic heterocycles. The van der Waals surface area contributed by atoms with Gasteiger partial charge in [0.05, 0.1) is 18.6 Å². The molecule has 1 aromatic carbocycles. The van der Waals surface area contributed by atoms with Crippen molar-refractivity contribution in [3.8, 4) is 0 Å². The number of ether oxygens (including phenoxy) is 1. The summed E-state index contributed by atoms with van der Waals surface area (Å²) in [6.45, 7) is 0.927. The van der Waals surface area contributed by atoms with E-state index in [1.54, 1.807) is 53.5 Å². The summed E-state index contributed by atoms with van der Waals surface area (Å²) in [7, 11) is 3.09. The predicted octanol–water partition coefficient (Wildman–Crippen LogP) is 1.92. The van der Waals surface area contributed by atoms with Crippen LogP contribution in [0.1, 0.15) is 22.3 Å². The van der Waals surface area contributed by atoms with Crippen molar-refractivity contribution >= 4 is 23.5 Å². The highest BCUT2D eigenvalue weighted by Gasteiger charge is 2.36. The number of carbonyl (C=O) groups excluding carboxylic acids is 3. The summed E-state index contributed by atoms with van der Waals surface area (Å²) in [4.78, 5) is 44.0. The molecule has 0 N–H and O–H groups in total. The van der Waals surface area contributed by atoms with Gasteiger partial charge in [-0.1, -0.05) is 0 Å². The molecule has 2 aromatic rings. The number of likely N-dealkylation sites (N-methyl/N-ethyl adjacent to an activating group) is 1. The van der Waals surface area contributed by atoms with E-state index in [-0.39, 0.29) is 24.2 Å². The molecule has 1 saturated heterocycles. The van der Waals surface area contributed by atoms with E-state index in [0.29, 0.717) is 24.3 Å². The second kappa shape index (κ2) is 8.65. The number of rotatable bonds is 6. The molecule has 0 radical (unpaired) electrons. The number of hydrogen-bond donors (Lipinski definition) is 0. The van der Waals surface area contributed by atoms with Crippen LogP contribution in [0.25, 0.3) is 0 Å². The second-order valence-electron chi connectivity index (χ2n) is 6.81. The number of benzene rings is 1. The van der Waals surface area contributed by atoms with E-state index >= 15 is 0 Å². The molecule has 2 heterocycles. The van der Waals surface area contributed by atoms with Crippen LogP contribution in [0.2, 0.25) is 0 Å². The van der Waals surface area contributed by atoms with Gasteiger partial charge in [-0.15, -0.1) is 0 Å². The smallest absolute Gasteiger partial charge is 0.337 e. The Bertz CT molecular complexity index is 852. The van der Waals surface area contributed by atoms with Crippen molar-refractivity contribution in [2.45, 2.75) is 12.8 Å². The van der Waals surface area contributed by atoms with Gasteiger partial charge in [-0.2, -0.15) is 0 Å². The largest absolute Gasteiger partial charge is 0.465 e. The first-order valence-electron chi connectivity index (χ1n) is 9.12. The highest BCUT2D eigenvalue weighted by Crippen LogP contribution is 2.26. The Morgan fingerprint density at radius 1 is 1.18 bits per heavy atom. The number of anilines is 1. The maximum Gasteiger partial charge on any atom is 0.337 e. The van der Waals surface area contributed by atoms with E-state index < -0.39 is 5.97 Å². The quantitative estimate of drug-likeness (QED) is 0.715. The molecule has 146 valence electrons. The zero-order valence-electron chi connectivity index (χ0n) is 16.0. The lowest BCUT2D eigenvalue weighted by Crippen LogP contribution is -2.36. The van der Waals surface area contributed by atoms with Crippen LogP contribution < -0.4 is 4.90 Å². The first kappa shape index (κ1) is 19.5. The number of esters is 1. The summed E-state index contributed by atoms with van der Waals surface area (Å²) >= 11 is 0. The Morgan fingerprint density at radius 2 is 1.86 bits per heavy atom. The number of carbonyl (C=O) groups is 3. The molecule has 3 rings (SSSR count). The van der Waals surface area contributed by atoms with E-state index in [0.717, 1.165) is 12.0 Å². The molecular weight excluding hydrogens is 358 g/mol. The van der Waals surface area contributed by atoms with Gasteiger partial charge in [0.2, 0.25) is 11.8 Å². The summed E-state index contributed by atoms with van der Waals surface area (Å²) in [5.74, 6) is -0.916. The monoisotopic (exact) mass is 381 g/mol. The van der Waals surface area contributed by atoms with Crippen molar-refractivity contribution in [1.29, 1.82) is 0 Å². The average molecular weight is 381 g/mol. The molecule has 1 aliphatic rings. The third-order valence-electron chi connectivity index (χ3n) is 4.94. The number of nitrogens with zero attached hydrogens (tertiary/aromatic N) is 3. The molecule has 1 fully saturated rings. The molecule has 1 unspecified atom stereocenters. The predicted molar refractivity (Wildman–Crippen MR) is 104 cm³/mol. The average Bonchev–Trinajstić information content (AvgIpc) is 3.13. The molecule has 7 nitrogen and oxygen atoms in total. The first-order valence-corrected chi connectivity index (χ1v) is 9.12. The minimum Gasteiger partial charge on any atom is -0.465 e. The molecule has 1 aromatic heterocycles. The molecule has 0 bridgehead atoms. The Morgan fingerprint density at radius 3 is 2.50 bits per heavy atom. The van der Waals surface area contributed by atoms with E-state index in [4.69, 9.17) is 0 Å². The maximum absolute atomic E-state index is 12.7. The van der Waals surface area contributed by atoms with Crippen LogP contribution in [0.3, 0.4) is 0 Å². The first-order chi connectivity index (χ1) is 13.5. The summed E-state index contributed by atoms with van der Waals surface area (Å²) in [5.41, 5.74) is 2.21. The number of amides is 2. The van der Waals surface area contributed by atoms with Crippen molar-refractivity contribution in [2.24, 2.45) is 5.92 Å². The van der Waals surface area contributed by atoms with Gasteiger partial charge in [0.25, 0.3) is 0 Å². The fourth-order valence-corrected chi connectivity index (χ4v) is 3.29. The summed E-state index contributed by atoms with van der Waals surface area (Å²) < 4.78 is 4.68. The molecule has 0 spiro atoms. The molecule has 0 saturated carbocycles. The van der Waals surface area contributed by atoms with Gasteiger partial charge in [0, 0.05) is 44.6 Å². The molecule has 28 heavy (non-hydrogen) atoms. The summed E-state index contributed by atoms with van der Waals surface area (Å²) in [6.07, 6.45) is 4.40. The Balaban J connectivity index is 1.60. The molecule has 0 aliphatic carbocycles. The fraction of sp³-hybridized carbons (Fsp3) is 0.333. The van der Waals surface area contributed by atoms with Gasteiger partial charge in [-0.05, 0) is 48.4 Å². The molecular formula is C21H23N3O4. The highest BCUT2D eigenvalue weighted by atomic mass is 16.5. The van der Waals surface area contributed by atoms with E-state index in [2.05, 4.69) is 9.72 Å². The van der Waals surface area contributed by atoms with Gasteiger partial charge in [-0.3, -0.25) is 14.6 Å². The third kappa shape index (κ3) is 4.36. The Labute approximate surface area is 163 Å². The third-order valence-corrected chi connectivity index (χ3v) is 4.94.